The Morgan fingerprint density at radius 3 is 2.12 bits per heavy atom. The molecule has 94 valence electrons. The average molecular weight is 229 g/mol. The van der Waals surface area contributed by atoms with Gasteiger partial charge in [0, 0.05) is 19.3 Å². The van der Waals surface area contributed by atoms with Crippen LogP contribution in [0, 0.1) is 5.21 Å². The van der Waals surface area contributed by atoms with Crippen LogP contribution in [0.15, 0.2) is 0 Å². The molecule has 0 aromatic carbocycles. The van der Waals surface area contributed by atoms with Crippen molar-refractivity contribution in [1.82, 2.24) is 0 Å². The van der Waals surface area contributed by atoms with E-state index in [0.29, 0.717) is 19.3 Å². The molecule has 0 bridgehead atoms. The van der Waals surface area contributed by atoms with E-state index in [9.17, 15) is 10.0 Å². The second-order valence-corrected chi connectivity index (χ2v) is 5.97. The van der Waals surface area contributed by atoms with Gasteiger partial charge in [0.05, 0.1) is 11.1 Å². The number of carbonyl (C=O) groups is 1. The van der Waals surface area contributed by atoms with Gasteiger partial charge >= 0.3 is 5.97 Å². The first-order valence-corrected chi connectivity index (χ1v) is 5.93. The summed E-state index contributed by atoms with van der Waals surface area (Å²) < 4.78 is 5.37. The van der Waals surface area contributed by atoms with E-state index < -0.39 is 0 Å². The fourth-order valence-corrected chi connectivity index (χ4v) is 2.66. The Balaban J connectivity index is 2.75. The lowest BCUT2D eigenvalue weighted by Gasteiger charge is -2.54. The van der Waals surface area contributed by atoms with Crippen LogP contribution in [0.3, 0.4) is 0 Å². The van der Waals surface area contributed by atoms with Crippen molar-refractivity contribution in [2.75, 3.05) is 0 Å². The number of rotatable bonds is 2. The third-order valence-electron chi connectivity index (χ3n) is 3.29. The Morgan fingerprint density at radius 1 is 1.31 bits per heavy atom. The molecule has 0 saturated carbocycles. The Morgan fingerprint density at radius 2 is 1.75 bits per heavy atom. The van der Waals surface area contributed by atoms with Crippen molar-refractivity contribution in [2.24, 2.45) is 0 Å². The highest BCUT2D eigenvalue weighted by atomic mass is 16.5. The first kappa shape index (κ1) is 13.5. The van der Waals surface area contributed by atoms with Gasteiger partial charge in [0.1, 0.15) is 6.10 Å². The topological polar surface area (TPSA) is 53.8 Å². The molecule has 0 aromatic rings. The van der Waals surface area contributed by atoms with E-state index >= 15 is 0 Å². The second-order valence-electron chi connectivity index (χ2n) is 5.97. The number of quaternary nitrogens is 1. The summed E-state index contributed by atoms with van der Waals surface area (Å²) in [6.45, 7) is 9.52. The molecule has 0 atom stereocenters. The molecule has 16 heavy (non-hydrogen) atoms. The Hall–Kier alpha value is -0.610. The third-order valence-corrected chi connectivity index (χ3v) is 3.29. The third kappa shape index (κ3) is 2.74. The molecule has 1 N–H and O–H groups in total. The molecular formula is C12H23NO3. The van der Waals surface area contributed by atoms with E-state index in [1.54, 1.807) is 6.92 Å². The van der Waals surface area contributed by atoms with Gasteiger partial charge in [-0.15, -0.1) is 0 Å². The predicted molar refractivity (Wildman–Crippen MR) is 61.9 cm³/mol. The van der Waals surface area contributed by atoms with Gasteiger partial charge in [0.15, 0.2) is 0 Å². The number of nitrogens with one attached hydrogen (secondary N) is 1. The van der Waals surface area contributed by atoms with Gasteiger partial charge in [-0.05, 0) is 27.7 Å². The lowest BCUT2D eigenvalue weighted by molar-refractivity contribution is -0.956. The molecule has 0 spiro atoms. The van der Waals surface area contributed by atoms with E-state index in [-0.39, 0.29) is 28.2 Å². The largest absolute Gasteiger partial charge is 0.634 e. The van der Waals surface area contributed by atoms with Gasteiger partial charge in [0.2, 0.25) is 0 Å². The van der Waals surface area contributed by atoms with Gasteiger partial charge in [-0.2, -0.15) is 0 Å². The molecule has 1 rings (SSSR count). The monoisotopic (exact) mass is 229 g/mol. The van der Waals surface area contributed by atoms with Crippen molar-refractivity contribution in [1.29, 1.82) is 0 Å². The maximum Gasteiger partial charge on any atom is 0.305 e. The molecule has 0 unspecified atom stereocenters. The summed E-state index contributed by atoms with van der Waals surface area (Å²) in [6.07, 6.45) is 1.56. The molecule has 4 nitrogen and oxygen atoms in total. The minimum absolute atomic E-state index is 0.116. The molecule has 1 heterocycles. The molecule has 0 amide bonds. The summed E-state index contributed by atoms with van der Waals surface area (Å²) >= 11 is 0. The van der Waals surface area contributed by atoms with Crippen LogP contribution in [0.2, 0.25) is 0 Å². The zero-order valence-corrected chi connectivity index (χ0v) is 10.9. The fourth-order valence-electron chi connectivity index (χ4n) is 2.66. The summed E-state index contributed by atoms with van der Waals surface area (Å²) in [6, 6.07) is 0. The number of piperidine rings is 1. The van der Waals surface area contributed by atoms with Crippen LogP contribution in [0.4, 0.5) is 0 Å². The van der Waals surface area contributed by atoms with Crippen molar-refractivity contribution >= 4 is 5.97 Å². The van der Waals surface area contributed by atoms with Crippen LogP contribution in [0.5, 0.6) is 0 Å². The van der Waals surface area contributed by atoms with E-state index in [1.807, 2.05) is 27.7 Å². The number of esters is 1. The molecular weight excluding hydrogens is 206 g/mol. The van der Waals surface area contributed by atoms with Gasteiger partial charge in [-0.1, -0.05) is 6.92 Å². The van der Waals surface area contributed by atoms with Crippen LogP contribution in [0.1, 0.15) is 53.9 Å². The molecule has 1 aliphatic heterocycles. The summed E-state index contributed by atoms with van der Waals surface area (Å²) in [5, 5.41) is 12.4. The summed E-state index contributed by atoms with van der Waals surface area (Å²) in [5.74, 6) is -0.175. The average Bonchev–Trinajstić information content (AvgIpc) is 2.13. The second kappa shape index (κ2) is 4.34. The fraction of sp³-hybridized carbons (Fsp3) is 0.917. The molecule has 0 aliphatic carbocycles. The SMILES string of the molecule is CCC(=O)OC1CC(C)(C)[NH+]([O-])C(C)(C)C1. The zero-order chi connectivity index (χ0) is 12.6. The van der Waals surface area contributed by atoms with E-state index in [1.165, 1.54) is 0 Å². The summed E-state index contributed by atoms with van der Waals surface area (Å²) in [7, 11) is 0. The highest BCUT2D eigenvalue weighted by molar-refractivity contribution is 5.69. The van der Waals surface area contributed by atoms with Crippen molar-refractivity contribution < 1.29 is 14.6 Å². The van der Waals surface area contributed by atoms with Crippen molar-refractivity contribution in [3.05, 3.63) is 5.21 Å². The van der Waals surface area contributed by atoms with E-state index in [2.05, 4.69) is 0 Å². The van der Waals surface area contributed by atoms with Gasteiger partial charge in [-0.25, -0.2) is 0 Å². The number of hydrogen-bond acceptors (Lipinski definition) is 3. The lowest BCUT2D eigenvalue weighted by Crippen LogP contribution is -3.23. The first-order chi connectivity index (χ1) is 7.19. The first-order valence-electron chi connectivity index (χ1n) is 5.93. The van der Waals surface area contributed by atoms with E-state index in [4.69, 9.17) is 4.74 Å². The van der Waals surface area contributed by atoms with Crippen LogP contribution in [-0.2, 0) is 9.53 Å². The highest BCUT2D eigenvalue weighted by Crippen LogP contribution is 2.26. The molecule has 4 heteroatoms. The predicted octanol–water partition coefficient (Wildman–Crippen LogP) is 1.04. The molecule has 1 aliphatic rings. The Labute approximate surface area is 97.5 Å². The van der Waals surface area contributed by atoms with E-state index in [0.717, 1.165) is 0 Å². The maximum atomic E-state index is 12.1. The maximum absolute atomic E-state index is 12.1. The van der Waals surface area contributed by atoms with Crippen molar-refractivity contribution in [2.45, 2.75) is 71.1 Å². The van der Waals surface area contributed by atoms with Crippen LogP contribution >= 0.6 is 0 Å². The number of ether oxygens (including phenoxy) is 1. The molecule has 0 radical (unpaired) electrons. The summed E-state index contributed by atoms with van der Waals surface area (Å²) in [5.41, 5.74) is -0.777. The summed E-state index contributed by atoms with van der Waals surface area (Å²) in [4.78, 5) is 11.3. The van der Waals surface area contributed by atoms with Gasteiger partial charge in [0.25, 0.3) is 0 Å². The van der Waals surface area contributed by atoms with Crippen molar-refractivity contribution in [3.8, 4) is 0 Å². The number of hydroxylamine groups is 2. The smallest absolute Gasteiger partial charge is 0.305 e. The number of hydrogen-bond donors (Lipinski definition) is 1. The Kier molecular flexibility index (Phi) is 3.65. The Bertz CT molecular complexity index is 255. The molecule has 0 aromatic heterocycles. The lowest BCUT2D eigenvalue weighted by atomic mass is 9.80. The molecule has 1 saturated heterocycles. The van der Waals surface area contributed by atoms with Gasteiger partial charge < -0.3 is 15.0 Å². The molecule has 1 fully saturated rings. The van der Waals surface area contributed by atoms with Crippen LogP contribution < -0.4 is 5.06 Å². The van der Waals surface area contributed by atoms with Crippen LogP contribution in [0.25, 0.3) is 0 Å². The normalized spacial score (nSPS) is 32.1. The van der Waals surface area contributed by atoms with Crippen LogP contribution in [-0.4, -0.2) is 23.2 Å². The highest BCUT2D eigenvalue weighted by Gasteiger charge is 2.46. The zero-order valence-electron chi connectivity index (χ0n) is 10.9. The minimum Gasteiger partial charge on any atom is -0.634 e. The quantitative estimate of drug-likeness (QED) is 0.568. The van der Waals surface area contributed by atoms with Gasteiger partial charge in [-0.3, -0.25) is 4.79 Å². The minimum atomic E-state index is -0.388. The standard InChI is InChI=1S/C12H23NO3/c1-6-10(14)16-9-7-11(2,3)13(15)12(4,5)8-9/h9,13H,6-8H2,1-5H3. The number of carbonyl (C=O) groups excluding carboxylic acids is 1. The van der Waals surface area contributed by atoms with Crippen molar-refractivity contribution in [3.63, 3.8) is 0 Å².